The second-order valence-electron chi connectivity index (χ2n) is 5.37. The highest BCUT2D eigenvalue weighted by molar-refractivity contribution is 5.35. The molecule has 0 fully saturated rings. The molecule has 21 heavy (non-hydrogen) atoms. The number of benzene rings is 2. The highest BCUT2D eigenvalue weighted by atomic mass is 19.1. The molecule has 2 nitrogen and oxygen atoms in total. The van der Waals surface area contributed by atoms with Crippen LogP contribution in [0.15, 0.2) is 36.4 Å². The summed E-state index contributed by atoms with van der Waals surface area (Å²) in [6.45, 7) is 4.19. The summed E-state index contributed by atoms with van der Waals surface area (Å²) in [5.74, 6) is -0.0449. The average molecular weight is 287 g/mol. The van der Waals surface area contributed by atoms with E-state index >= 15 is 0 Å². The molecule has 0 aliphatic rings. The Hall–Kier alpha value is -1.87. The first-order chi connectivity index (χ1) is 10.0. The highest BCUT2D eigenvalue weighted by Gasteiger charge is 2.14. The van der Waals surface area contributed by atoms with Crippen LogP contribution >= 0.6 is 0 Å². The maximum Gasteiger partial charge on any atom is 0.165 e. The third-order valence-electron chi connectivity index (χ3n) is 3.86. The zero-order valence-corrected chi connectivity index (χ0v) is 13.0. The van der Waals surface area contributed by atoms with Crippen LogP contribution in [0, 0.1) is 19.7 Å². The van der Waals surface area contributed by atoms with E-state index in [9.17, 15) is 4.39 Å². The minimum absolute atomic E-state index is 0.0749. The summed E-state index contributed by atoms with van der Waals surface area (Å²) in [7, 11) is 3.38. The van der Waals surface area contributed by atoms with Crippen molar-refractivity contribution in [2.24, 2.45) is 0 Å². The van der Waals surface area contributed by atoms with Crippen LogP contribution in [0.5, 0.6) is 5.75 Å². The van der Waals surface area contributed by atoms with Crippen LogP contribution in [0.2, 0.25) is 0 Å². The lowest BCUT2D eigenvalue weighted by Gasteiger charge is -2.19. The van der Waals surface area contributed by atoms with Gasteiger partial charge in [-0.2, -0.15) is 0 Å². The molecular weight excluding hydrogens is 265 g/mol. The number of hydrogen-bond acceptors (Lipinski definition) is 2. The lowest BCUT2D eigenvalue weighted by molar-refractivity contribution is 0.385. The first-order valence-corrected chi connectivity index (χ1v) is 7.12. The lowest BCUT2D eigenvalue weighted by Crippen LogP contribution is -2.19. The van der Waals surface area contributed by atoms with Gasteiger partial charge < -0.3 is 10.1 Å². The summed E-state index contributed by atoms with van der Waals surface area (Å²) in [6.07, 6.45) is 0.829. The maximum atomic E-state index is 13.9. The minimum atomic E-state index is -0.323. The van der Waals surface area contributed by atoms with Crippen LogP contribution in [-0.2, 0) is 6.42 Å². The fraction of sp³-hybridized carbons (Fsp3) is 0.333. The summed E-state index contributed by atoms with van der Waals surface area (Å²) in [6, 6.07) is 11.6. The largest absolute Gasteiger partial charge is 0.494 e. The van der Waals surface area contributed by atoms with Gasteiger partial charge in [-0.1, -0.05) is 29.8 Å². The second-order valence-corrected chi connectivity index (χ2v) is 5.37. The van der Waals surface area contributed by atoms with Gasteiger partial charge >= 0.3 is 0 Å². The fourth-order valence-corrected chi connectivity index (χ4v) is 2.53. The predicted molar refractivity (Wildman–Crippen MR) is 84.4 cm³/mol. The van der Waals surface area contributed by atoms with Crippen LogP contribution in [0.25, 0.3) is 0 Å². The normalized spacial score (nSPS) is 12.2. The molecule has 0 aromatic heterocycles. The predicted octanol–water partition coefficient (Wildman–Crippen LogP) is 3.95. The smallest absolute Gasteiger partial charge is 0.165 e. The molecule has 1 N–H and O–H groups in total. The van der Waals surface area contributed by atoms with E-state index in [0.29, 0.717) is 0 Å². The molecule has 0 radical (unpaired) electrons. The average Bonchev–Trinajstić information content (AvgIpc) is 2.48. The third-order valence-corrected chi connectivity index (χ3v) is 3.86. The first kappa shape index (κ1) is 15.5. The SMILES string of the molecule is CNC(Cc1cc(C)ccc1C)c1ccc(OC)c(F)c1. The van der Waals surface area contributed by atoms with Gasteiger partial charge in [0.15, 0.2) is 11.6 Å². The zero-order chi connectivity index (χ0) is 15.4. The van der Waals surface area contributed by atoms with Gasteiger partial charge in [-0.05, 0) is 56.1 Å². The minimum Gasteiger partial charge on any atom is -0.494 e. The summed E-state index contributed by atoms with van der Waals surface area (Å²) in [5, 5.41) is 3.27. The van der Waals surface area contributed by atoms with E-state index in [2.05, 4.69) is 37.4 Å². The van der Waals surface area contributed by atoms with Crippen molar-refractivity contribution in [2.45, 2.75) is 26.3 Å². The number of hydrogen-bond donors (Lipinski definition) is 1. The Morgan fingerprint density at radius 2 is 1.90 bits per heavy atom. The molecule has 2 aromatic carbocycles. The van der Waals surface area contributed by atoms with Gasteiger partial charge in [0.05, 0.1) is 7.11 Å². The fourth-order valence-electron chi connectivity index (χ4n) is 2.53. The van der Waals surface area contributed by atoms with Crippen molar-refractivity contribution in [3.8, 4) is 5.75 Å². The number of nitrogens with one attached hydrogen (secondary N) is 1. The molecule has 112 valence electrons. The summed E-state index contributed by atoms with van der Waals surface area (Å²) >= 11 is 0. The molecule has 1 atom stereocenters. The number of aryl methyl sites for hydroxylation is 2. The Balaban J connectivity index is 2.27. The number of rotatable bonds is 5. The van der Waals surface area contributed by atoms with Crippen molar-refractivity contribution in [3.63, 3.8) is 0 Å². The standard InChI is InChI=1S/C18H22FNO/c1-12-5-6-13(2)15(9-12)11-17(20-3)14-7-8-18(21-4)16(19)10-14/h5-10,17,20H,11H2,1-4H3. The third kappa shape index (κ3) is 3.61. The van der Waals surface area contributed by atoms with E-state index in [-0.39, 0.29) is 17.6 Å². The molecule has 2 rings (SSSR count). The van der Waals surface area contributed by atoms with Crippen LogP contribution in [0.1, 0.15) is 28.3 Å². The van der Waals surface area contributed by atoms with E-state index in [1.54, 1.807) is 12.1 Å². The van der Waals surface area contributed by atoms with Crippen molar-refractivity contribution >= 4 is 0 Å². The number of methoxy groups -OCH3 is 1. The molecule has 0 amide bonds. The second kappa shape index (κ2) is 6.72. The van der Waals surface area contributed by atoms with Gasteiger partial charge in [0.25, 0.3) is 0 Å². The Bertz CT molecular complexity index is 625. The van der Waals surface area contributed by atoms with Crippen molar-refractivity contribution in [2.75, 3.05) is 14.2 Å². The molecule has 3 heteroatoms. The number of halogens is 1. The molecule has 1 unspecified atom stereocenters. The number of likely N-dealkylation sites (N-methyl/N-ethyl adjacent to an activating group) is 1. The van der Waals surface area contributed by atoms with Crippen molar-refractivity contribution < 1.29 is 9.13 Å². The molecular formula is C18H22FNO. The Labute approximate surface area is 126 Å². The van der Waals surface area contributed by atoms with Crippen molar-refractivity contribution in [1.29, 1.82) is 0 Å². The lowest BCUT2D eigenvalue weighted by atomic mass is 9.95. The molecule has 0 aliphatic carbocycles. The molecule has 0 spiro atoms. The van der Waals surface area contributed by atoms with E-state index in [1.165, 1.54) is 23.8 Å². The van der Waals surface area contributed by atoms with Crippen LogP contribution in [-0.4, -0.2) is 14.2 Å². The zero-order valence-electron chi connectivity index (χ0n) is 13.0. The van der Waals surface area contributed by atoms with Gasteiger partial charge in [0.2, 0.25) is 0 Å². The van der Waals surface area contributed by atoms with E-state index in [0.717, 1.165) is 12.0 Å². The highest BCUT2D eigenvalue weighted by Crippen LogP contribution is 2.25. The Morgan fingerprint density at radius 3 is 2.52 bits per heavy atom. The van der Waals surface area contributed by atoms with E-state index in [4.69, 9.17) is 4.74 Å². The van der Waals surface area contributed by atoms with Crippen molar-refractivity contribution in [1.82, 2.24) is 5.32 Å². The van der Waals surface area contributed by atoms with Crippen LogP contribution < -0.4 is 10.1 Å². The maximum absolute atomic E-state index is 13.9. The monoisotopic (exact) mass is 287 g/mol. The van der Waals surface area contributed by atoms with E-state index < -0.39 is 0 Å². The summed E-state index contributed by atoms with van der Waals surface area (Å²) < 4.78 is 18.8. The van der Waals surface area contributed by atoms with Gasteiger partial charge in [-0.25, -0.2) is 4.39 Å². The van der Waals surface area contributed by atoms with Crippen molar-refractivity contribution in [3.05, 3.63) is 64.5 Å². The molecule has 0 bridgehead atoms. The Morgan fingerprint density at radius 1 is 1.14 bits per heavy atom. The molecule has 0 saturated carbocycles. The van der Waals surface area contributed by atoms with Crippen LogP contribution in [0.4, 0.5) is 4.39 Å². The molecule has 2 aromatic rings. The van der Waals surface area contributed by atoms with E-state index in [1.807, 2.05) is 13.1 Å². The first-order valence-electron chi connectivity index (χ1n) is 7.12. The van der Waals surface area contributed by atoms with Gasteiger partial charge in [-0.3, -0.25) is 0 Å². The summed E-state index contributed by atoms with van der Waals surface area (Å²) in [4.78, 5) is 0. The van der Waals surface area contributed by atoms with Gasteiger partial charge in [0.1, 0.15) is 0 Å². The topological polar surface area (TPSA) is 21.3 Å². The molecule has 0 saturated heterocycles. The number of ether oxygens (including phenoxy) is 1. The molecule has 0 heterocycles. The van der Waals surface area contributed by atoms with Gasteiger partial charge in [-0.15, -0.1) is 0 Å². The quantitative estimate of drug-likeness (QED) is 0.899. The summed E-state index contributed by atoms with van der Waals surface area (Å²) in [5.41, 5.74) is 4.71. The molecule has 0 aliphatic heterocycles. The Kier molecular flexibility index (Phi) is 4.97. The van der Waals surface area contributed by atoms with Gasteiger partial charge in [0, 0.05) is 6.04 Å². The van der Waals surface area contributed by atoms with Crippen LogP contribution in [0.3, 0.4) is 0 Å².